The Morgan fingerprint density at radius 3 is 2.25 bits per heavy atom. The summed E-state index contributed by atoms with van der Waals surface area (Å²) in [7, 11) is 0. The summed E-state index contributed by atoms with van der Waals surface area (Å²) in [5.74, 6) is 0. The van der Waals surface area contributed by atoms with Crippen molar-refractivity contribution in [1.29, 1.82) is 0 Å². The zero-order valence-electron chi connectivity index (χ0n) is 9.34. The van der Waals surface area contributed by atoms with E-state index in [0.29, 0.717) is 19.1 Å². The maximum absolute atomic E-state index is 10.2. The highest BCUT2D eigenvalue weighted by Gasteiger charge is 2.33. The predicted molar refractivity (Wildman–Crippen MR) is 57.9 cm³/mol. The highest BCUT2D eigenvalue weighted by Crippen LogP contribution is 2.24. The quantitative estimate of drug-likeness (QED) is 0.358. The summed E-state index contributed by atoms with van der Waals surface area (Å²) >= 11 is 0. The summed E-state index contributed by atoms with van der Waals surface area (Å²) in [6.07, 6.45) is 1.81. The van der Waals surface area contributed by atoms with Crippen LogP contribution in [0.4, 0.5) is 0 Å². The van der Waals surface area contributed by atoms with E-state index >= 15 is 0 Å². The van der Waals surface area contributed by atoms with E-state index in [9.17, 15) is 19.8 Å². The van der Waals surface area contributed by atoms with Gasteiger partial charge in [-0.3, -0.25) is 0 Å². The van der Waals surface area contributed by atoms with E-state index in [1.807, 2.05) is 0 Å². The third-order valence-electron chi connectivity index (χ3n) is 2.66. The van der Waals surface area contributed by atoms with Crippen molar-refractivity contribution in [2.75, 3.05) is 6.61 Å². The lowest BCUT2D eigenvalue weighted by Crippen LogP contribution is -2.43. The van der Waals surface area contributed by atoms with E-state index < -0.39 is 11.7 Å². The second-order valence-electron chi connectivity index (χ2n) is 3.90. The number of unbranched alkanes of at least 4 members (excludes halogenated alkanes) is 1. The molecule has 0 aliphatic heterocycles. The Hall–Kier alpha value is -0.780. The maximum Gasteiger partial charge on any atom is 0.120 e. The molecule has 0 spiro atoms. The Labute approximate surface area is 95.1 Å². The van der Waals surface area contributed by atoms with E-state index in [2.05, 4.69) is 0 Å². The highest BCUT2D eigenvalue weighted by atomic mass is 16.3. The molecule has 0 heterocycles. The summed E-state index contributed by atoms with van der Waals surface area (Å²) in [5, 5.41) is 28.6. The minimum Gasteiger partial charge on any atom is -0.396 e. The Bertz CT molecular complexity index is 207. The Kier molecular flexibility index (Phi) is 7.97. The third kappa shape index (κ3) is 5.34. The number of carbonyl (C=O) groups is 2. The maximum atomic E-state index is 10.2. The fourth-order valence-corrected chi connectivity index (χ4v) is 1.62. The van der Waals surface area contributed by atoms with Crippen molar-refractivity contribution in [2.45, 2.75) is 50.2 Å². The molecule has 0 aliphatic carbocycles. The molecule has 94 valence electrons. The standard InChI is InChI=1S/C11H20O5/c12-7-2-1-4-10(15)11(16,6-9-14)5-3-8-13/h7-8,10,14-16H,1-6,9H2. The molecular weight excluding hydrogens is 212 g/mol. The number of hydrogen-bond acceptors (Lipinski definition) is 5. The van der Waals surface area contributed by atoms with Gasteiger partial charge in [0.2, 0.25) is 0 Å². The van der Waals surface area contributed by atoms with E-state index in [4.69, 9.17) is 5.11 Å². The first-order valence-corrected chi connectivity index (χ1v) is 5.49. The summed E-state index contributed by atoms with van der Waals surface area (Å²) in [5.41, 5.74) is -1.43. The number of carbonyl (C=O) groups excluding carboxylic acids is 2. The largest absolute Gasteiger partial charge is 0.396 e. The molecule has 0 bridgehead atoms. The molecule has 2 unspecified atom stereocenters. The fraction of sp³-hybridized carbons (Fsp3) is 0.818. The molecule has 0 saturated heterocycles. The van der Waals surface area contributed by atoms with E-state index in [-0.39, 0.29) is 32.3 Å². The van der Waals surface area contributed by atoms with Crippen LogP contribution in [-0.4, -0.2) is 46.2 Å². The van der Waals surface area contributed by atoms with Crippen molar-refractivity contribution < 1.29 is 24.9 Å². The smallest absolute Gasteiger partial charge is 0.120 e. The molecule has 0 aromatic heterocycles. The molecule has 0 rings (SSSR count). The van der Waals surface area contributed by atoms with Gasteiger partial charge in [-0.25, -0.2) is 0 Å². The molecule has 0 amide bonds. The summed E-state index contributed by atoms with van der Waals surface area (Å²) in [6, 6.07) is 0. The topological polar surface area (TPSA) is 94.8 Å². The predicted octanol–water partition coefficient (Wildman–Crippen LogP) is -0.191. The lowest BCUT2D eigenvalue weighted by atomic mass is 9.86. The van der Waals surface area contributed by atoms with Crippen LogP contribution in [0.3, 0.4) is 0 Å². The van der Waals surface area contributed by atoms with Crippen LogP contribution in [0, 0.1) is 0 Å². The van der Waals surface area contributed by atoms with Gasteiger partial charge in [0.1, 0.15) is 12.6 Å². The third-order valence-corrected chi connectivity index (χ3v) is 2.66. The normalized spacial score (nSPS) is 16.4. The van der Waals surface area contributed by atoms with Crippen molar-refractivity contribution in [2.24, 2.45) is 0 Å². The van der Waals surface area contributed by atoms with Gasteiger partial charge in [-0.15, -0.1) is 0 Å². The number of aliphatic hydroxyl groups is 3. The van der Waals surface area contributed by atoms with Crippen molar-refractivity contribution in [1.82, 2.24) is 0 Å². The van der Waals surface area contributed by atoms with Gasteiger partial charge in [0.05, 0.1) is 11.7 Å². The van der Waals surface area contributed by atoms with Crippen LogP contribution in [0.5, 0.6) is 0 Å². The molecule has 16 heavy (non-hydrogen) atoms. The van der Waals surface area contributed by atoms with Crippen molar-refractivity contribution in [3.8, 4) is 0 Å². The fourth-order valence-electron chi connectivity index (χ4n) is 1.62. The molecule has 5 nitrogen and oxygen atoms in total. The van der Waals surface area contributed by atoms with E-state index in [1.54, 1.807) is 0 Å². The zero-order valence-corrected chi connectivity index (χ0v) is 9.34. The van der Waals surface area contributed by atoms with Crippen LogP contribution in [0.25, 0.3) is 0 Å². The Morgan fingerprint density at radius 2 is 1.75 bits per heavy atom. The minimum absolute atomic E-state index is 0.0308. The Morgan fingerprint density at radius 1 is 1.12 bits per heavy atom. The van der Waals surface area contributed by atoms with Crippen LogP contribution in [0.1, 0.15) is 38.5 Å². The average molecular weight is 232 g/mol. The first kappa shape index (κ1) is 15.2. The lowest BCUT2D eigenvalue weighted by Gasteiger charge is -2.32. The summed E-state index contributed by atoms with van der Waals surface area (Å²) < 4.78 is 0. The molecule has 2 atom stereocenters. The van der Waals surface area contributed by atoms with Gasteiger partial charge in [-0.05, 0) is 19.3 Å². The molecule has 0 saturated carbocycles. The molecular formula is C11H20O5. The van der Waals surface area contributed by atoms with E-state index in [0.717, 1.165) is 6.29 Å². The van der Waals surface area contributed by atoms with Crippen molar-refractivity contribution in [3.63, 3.8) is 0 Å². The van der Waals surface area contributed by atoms with Crippen LogP contribution in [-0.2, 0) is 9.59 Å². The van der Waals surface area contributed by atoms with Gasteiger partial charge < -0.3 is 24.9 Å². The lowest BCUT2D eigenvalue weighted by molar-refractivity contribution is -0.115. The molecule has 3 N–H and O–H groups in total. The monoisotopic (exact) mass is 232 g/mol. The van der Waals surface area contributed by atoms with Crippen molar-refractivity contribution in [3.05, 3.63) is 0 Å². The van der Waals surface area contributed by atoms with Gasteiger partial charge in [0.25, 0.3) is 0 Å². The molecule has 5 heteroatoms. The number of hydrogen-bond donors (Lipinski definition) is 3. The van der Waals surface area contributed by atoms with Crippen LogP contribution < -0.4 is 0 Å². The first-order valence-electron chi connectivity index (χ1n) is 5.49. The second kappa shape index (κ2) is 8.38. The van der Waals surface area contributed by atoms with Crippen LogP contribution in [0.2, 0.25) is 0 Å². The Balaban J connectivity index is 4.23. The zero-order chi connectivity index (χ0) is 12.4. The van der Waals surface area contributed by atoms with Gasteiger partial charge in [-0.2, -0.15) is 0 Å². The van der Waals surface area contributed by atoms with Gasteiger partial charge in [0, 0.05) is 25.9 Å². The average Bonchev–Trinajstić information content (AvgIpc) is 2.27. The number of rotatable bonds is 10. The van der Waals surface area contributed by atoms with Crippen LogP contribution >= 0.6 is 0 Å². The molecule has 0 aliphatic rings. The van der Waals surface area contributed by atoms with E-state index in [1.165, 1.54) is 0 Å². The summed E-state index contributed by atoms with van der Waals surface area (Å²) in [6.45, 7) is -0.250. The molecule has 0 aromatic rings. The van der Waals surface area contributed by atoms with Gasteiger partial charge in [0.15, 0.2) is 0 Å². The first-order chi connectivity index (χ1) is 7.60. The molecule has 0 aromatic carbocycles. The SMILES string of the molecule is O=CCCCC(O)C(O)(CCO)CCC=O. The second-order valence-corrected chi connectivity index (χ2v) is 3.90. The molecule has 0 fully saturated rings. The van der Waals surface area contributed by atoms with Crippen molar-refractivity contribution >= 4 is 12.6 Å². The summed E-state index contributed by atoms with van der Waals surface area (Å²) in [4.78, 5) is 20.3. The minimum atomic E-state index is -1.43. The number of aldehydes is 2. The van der Waals surface area contributed by atoms with Gasteiger partial charge >= 0.3 is 0 Å². The van der Waals surface area contributed by atoms with Crippen LogP contribution in [0.15, 0.2) is 0 Å². The highest BCUT2D eigenvalue weighted by molar-refractivity contribution is 5.49. The number of aliphatic hydroxyl groups excluding tert-OH is 2. The molecule has 0 radical (unpaired) electrons. The van der Waals surface area contributed by atoms with Gasteiger partial charge in [-0.1, -0.05) is 0 Å².